The van der Waals surface area contributed by atoms with Gasteiger partial charge in [0.2, 0.25) is 0 Å². The van der Waals surface area contributed by atoms with E-state index in [2.05, 4.69) is 47.2 Å². The summed E-state index contributed by atoms with van der Waals surface area (Å²) >= 11 is 0. The van der Waals surface area contributed by atoms with Crippen molar-refractivity contribution in [2.45, 2.75) is 24.8 Å². The Kier molecular flexibility index (Phi) is 3.54. The molecule has 1 saturated heterocycles. The molecule has 0 amide bonds. The van der Waals surface area contributed by atoms with Gasteiger partial charge in [-0.05, 0) is 36.9 Å². The third kappa shape index (κ3) is 2.80. The molecule has 1 aliphatic heterocycles. The summed E-state index contributed by atoms with van der Waals surface area (Å²) in [5, 5.41) is 9.48. The maximum Gasteiger partial charge on any atom is 0.123 e. The molecule has 0 N–H and O–H groups in total. The van der Waals surface area contributed by atoms with Gasteiger partial charge in [-0.1, -0.05) is 24.3 Å². The number of hydrogen-bond acceptors (Lipinski definition) is 3. The Morgan fingerprint density at radius 1 is 1.11 bits per heavy atom. The van der Waals surface area contributed by atoms with Crippen LogP contribution in [0.2, 0.25) is 0 Å². The molecule has 1 heterocycles. The highest BCUT2D eigenvalue weighted by Crippen LogP contribution is 2.40. The number of hydrogen-bond donors (Lipinski definition) is 0. The topological polar surface area (TPSA) is 30.3 Å². The van der Waals surface area contributed by atoms with E-state index in [4.69, 9.17) is 0 Å². The Morgan fingerprint density at radius 3 is 2.26 bits per heavy atom. The summed E-state index contributed by atoms with van der Waals surface area (Å²) in [5.41, 5.74) is 2.59. The highest BCUT2D eigenvalue weighted by atomic mass is 15.3. The molecule has 100 valence electrons. The highest BCUT2D eigenvalue weighted by molar-refractivity contribution is 5.32. The van der Waals surface area contributed by atoms with Crippen LogP contribution in [0.1, 0.15) is 35.9 Å². The molecule has 3 rings (SSSR count). The molecule has 2 fully saturated rings. The Hall–Kier alpha value is -1.37. The first-order valence-corrected chi connectivity index (χ1v) is 7.20. The largest absolute Gasteiger partial charge is 0.304 e. The fourth-order valence-corrected chi connectivity index (χ4v) is 2.81. The summed E-state index contributed by atoms with van der Waals surface area (Å²) < 4.78 is 0. The average Bonchev–Trinajstić information content (AvgIpc) is 3.27. The van der Waals surface area contributed by atoms with Crippen molar-refractivity contribution < 1.29 is 0 Å². The quantitative estimate of drug-likeness (QED) is 0.830. The summed E-state index contributed by atoms with van der Waals surface area (Å²) in [6.07, 6.45) is 2.67. The Balaban J connectivity index is 1.72. The third-order valence-corrected chi connectivity index (χ3v) is 4.33. The van der Waals surface area contributed by atoms with Crippen molar-refractivity contribution in [3.05, 3.63) is 35.4 Å². The summed E-state index contributed by atoms with van der Waals surface area (Å²) in [6.45, 7) is 4.08. The summed E-state index contributed by atoms with van der Waals surface area (Å²) in [7, 11) is 2.14. The molecule has 0 spiro atoms. The minimum atomic E-state index is -0.0815. The molecular formula is C16H21N3. The average molecular weight is 255 g/mol. The second-order valence-corrected chi connectivity index (χ2v) is 5.81. The lowest BCUT2D eigenvalue weighted by atomic mass is 10.0. The molecule has 2 aliphatic rings. The molecule has 1 atom stereocenters. The number of rotatable bonds is 3. The fourth-order valence-electron chi connectivity index (χ4n) is 2.81. The predicted molar refractivity (Wildman–Crippen MR) is 75.8 cm³/mol. The van der Waals surface area contributed by atoms with Crippen molar-refractivity contribution in [1.82, 2.24) is 9.80 Å². The van der Waals surface area contributed by atoms with Crippen LogP contribution in [0.5, 0.6) is 0 Å². The summed E-state index contributed by atoms with van der Waals surface area (Å²) in [6, 6.07) is 11.1. The van der Waals surface area contributed by atoms with Gasteiger partial charge in [-0.3, -0.25) is 4.90 Å². The van der Waals surface area contributed by atoms with Crippen LogP contribution in [0, 0.1) is 11.3 Å². The summed E-state index contributed by atoms with van der Waals surface area (Å²) in [5.74, 6) is 0.790. The van der Waals surface area contributed by atoms with Crippen molar-refractivity contribution in [3.8, 4) is 6.07 Å². The Bertz CT molecular complexity index is 462. The lowest BCUT2D eigenvalue weighted by Crippen LogP contribution is -2.45. The third-order valence-electron chi connectivity index (χ3n) is 4.33. The predicted octanol–water partition coefficient (Wildman–Crippen LogP) is 2.38. The van der Waals surface area contributed by atoms with E-state index in [1.165, 1.54) is 18.4 Å². The monoisotopic (exact) mass is 255 g/mol. The molecular weight excluding hydrogens is 234 g/mol. The van der Waals surface area contributed by atoms with E-state index in [0.29, 0.717) is 0 Å². The molecule has 1 unspecified atom stereocenters. The lowest BCUT2D eigenvalue weighted by molar-refractivity contribution is 0.133. The van der Waals surface area contributed by atoms with Crippen LogP contribution < -0.4 is 0 Å². The van der Waals surface area contributed by atoms with Crippen molar-refractivity contribution >= 4 is 0 Å². The van der Waals surface area contributed by atoms with Crippen molar-refractivity contribution in [1.29, 1.82) is 5.26 Å². The van der Waals surface area contributed by atoms with Gasteiger partial charge in [0.25, 0.3) is 0 Å². The van der Waals surface area contributed by atoms with Crippen LogP contribution in [0.25, 0.3) is 0 Å². The van der Waals surface area contributed by atoms with Crippen LogP contribution in [0.4, 0.5) is 0 Å². The normalized spacial score (nSPS) is 22.9. The van der Waals surface area contributed by atoms with E-state index >= 15 is 0 Å². The minimum Gasteiger partial charge on any atom is -0.304 e. The van der Waals surface area contributed by atoms with Gasteiger partial charge in [-0.15, -0.1) is 0 Å². The van der Waals surface area contributed by atoms with Gasteiger partial charge in [-0.25, -0.2) is 0 Å². The van der Waals surface area contributed by atoms with E-state index in [9.17, 15) is 5.26 Å². The van der Waals surface area contributed by atoms with Crippen LogP contribution in [-0.2, 0) is 0 Å². The fraction of sp³-hybridized carbons (Fsp3) is 0.562. The van der Waals surface area contributed by atoms with Gasteiger partial charge >= 0.3 is 0 Å². The molecule has 1 saturated carbocycles. The standard InChI is InChI=1S/C16H21N3/c1-18-8-10-19(11-9-18)16(12-17)15-6-4-14(5-7-15)13-2-3-13/h4-7,13,16H,2-3,8-11H2,1H3. The van der Waals surface area contributed by atoms with Gasteiger partial charge in [0.15, 0.2) is 0 Å². The van der Waals surface area contributed by atoms with E-state index < -0.39 is 0 Å². The molecule has 0 aromatic heterocycles. The number of benzene rings is 1. The van der Waals surface area contributed by atoms with Crippen molar-refractivity contribution in [2.75, 3.05) is 33.2 Å². The van der Waals surface area contributed by atoms with E-state index in [-0.39, 0.29) is 6.04 Å². The Labute approximate surface area is 115 Å². The second-order valence-electron chi connectivity index (χ2n) is 5.81. The van der Waals surface area contributed by atoms with Crippen molar-refractivity contribution in [3.63, 3.8) is 0 Å². The van der Waals surface area contributed by atoms with Gasteiger partial charge in [0.1, 0.15) is 6.04 Å². The van der Waals surface area contributed by atoms with Crippen LogP contribution >= 0.6 is 0 Å². The molecule has 0 radical (unpaired) electrons. The number of nitriles is 1. The molecule has 1 aliphatic carbocycles. The van der Waals surface area contributed by atoms with Gasteiger partial charge in [0.05, 0.1) is 6.07 Å². The molecule has 1 aromatic carbocycles. The SMILES string of the molecule is CN1CCN(C(C#N)c2ccc(C3CC3)cc2)CC1. The molecule has 3 nitrogen and oxygen atoms in total. The number of nitrogens with zero attached hydrogens (tertiary/aromatic N) is 3. The smallest absolute Gasteiger partial charge is 0.123 e. The van der Waals surface area contributed by atoms with Crippen LogP contribution in [0.15, 0.2) is 24.3 Å². The van der Waals surface area contributed by atoms with E-state index in [1.807, 2.05) is 0 Å². The van der Waals surface area contributed by atoms with Gasteiger partial charge in [0, 0.05) is 26.2 Å². The molecule has 0 bridgehead atoms. The maximum absolute atomic E-state index is 9.48. The first-order chi connectivity index (χ1) is 9.28. The molecule has 19 heavy (non-hydrogen) atoms. The zero-order valence-corrected chi connectivity index (χ0v) is 11.5. The molecule has 3 heteroatoms. The van der Waals surface area contributed by atoms with Gasteiger partial charge < -0.3 is 4.90 Å². The summed E-state index contributed by atoms with van der Waals surface area (Å²) in [4.78, 5) is 4.62. The zero-order valence-electron chi connectivity index (χ0n) is 11.5. The van der Waals surface area contributed by atoms with Crippen LogP contribution in [-0.4, -0.2) is 43.0 Å². The lowest BCUT2D eigenvalue weighted by Gasteiger charge is -2.35. The van der Waals surface area contributed by atoms with Crippen molar-refractivity contribution in [2.24, 2.45) is 0 Å². The van der Waals surface area contributed by atoms with Crippen LogP contribution in [0.3, 0.4) is 0 Å². The van der Waals surface area contributed by atoms with Gasteiger partial charge in [-0.2, -0.15) is 5.26 Å². The minimum absolute atomic E-state index is 0.0815. The molecule has 1 aromatic rings. The first kappa shape index (κ1) is 12.7. The Morgan fingerprint density at radius 2 is 1.74 bits per heavy atom. The maximum atomic E-state index is 9.48. The van der Waals surface area contributed by atoms with E-state index in [0.717, 1.165) is 37.7 Å². The number of likely N-dealkylation sites (N-methyl/N-ethyl adjacent to an activating group) is 1. The zero-order chi connectivity index (χ0) is 13.2. The number of piperazine rings is 1. The second kappa shape index (κ2) is 5.32. The highest BCUT2D eigenvalue weighted by Gasteiger charge is 2.26. The first-order valence-electron chi connectivity index (χ1n) is 7.20. The van der Waals surface area contributed by atoms with E-state index in [1.54, 1.807) is 0 Å².